The number of carbonyl (C=O) groups is 1. The lowest BCUT2D eigenvalue weighted by atomic mass is 10.1. The van der Waals surface area contributed by atoms with Crippen LogP contribution in [0.15, 0.2) is 51.9 Å². The number of nitrogens with zero attached hydrogens (tertiary/aromatic N) is 2. The summed E-state index contributed by atoms with van der Waals surface area (Å²) >= 11 is 1.50. The summed E-state index contributed by atoms with van der Waals surface area (Å²) in [6.07, 6.45) is 0.899. The fraction of sp³-hybridized carbons (Fsp3) is 0.286. The second-order valence-electron chi connectivity index (χ2n) is 6.32. The predicted molar refractivity (Wildman–Crippen MR) is 110 cm³/mol. The van der Waals surface area contributed by atoms with Crippen molar-refractivity contribution in [2.45, 2.75) is 37.8 Å². The highest BCUT2D eigenvalue weighted by molar-refractivity contribution is 7.98. The summed E-state index contributed by atoms with van der Waals surface area (Å²) < 4.78 is 10.8. The number of thioether (sulfide) groups is 1. The topological polar surface area (TPSA) is 77.2 Å². The van der Waals surface area contributed by atoms with Crippen LogP contribution >= 0.6 is 11.8 Å². The van der Waals surface area contributed by atoms with Gasteiger partial charge in [-0.2, -0.15) is 4.98 Å². The zero-order valence-corrected chi connectivity index (χ0v) is 17.0. The number of anilines is 1. The Balaban J connectivity index is 1.76. The van der Waals surface area contributed by atoms with Crippen LogP contribution in [0.3, 0.4) is 0 Å². The van der Waals surface area contributed by atoms with E-state index in [2.05, 4.69) is 15.5 Å². The second kappa shape index (κ2) is 9.41. The minimum atomic E-state index is -0.183. The van der Waals surface area contributed by atoms with Crippen LogP contribution in [0, 0.1) is 13.8 Å². The standard InChI is InChI=1S/C21H23N3O3S/c1-4-11-26-18-12-14(2)9-10-17(18)23-21(25)16-7-5-6-8-19(16)28-13-20-22-15(3)27-24-20/h5-10,12H,4,11,13H2,1-3H3,(H,23,25). The first-order valence-electron chi connectivity index (χ1n) is 9.12. The Morgan fingerprint density at radius 1 is 1.21 bits per heavy atom. The van der Waals surface area contributed by atoms with Gasteiger partial charge in [-0.1, -0.05) is 30.3 Å². The highest BCUT2D eigenvalue weighted by atomic mass is 32.2. The minimum Gasteiger partial charge on any atom is -0.491 e. The molecular formula is C21H23N3O3S. The van der Waals surface area contributed by atoms with Crippen LogP contribution < -0.4 is 10.1 Å². The third-order valence-corrected chi connectivity index (χ3v) is 4.97. The summed E-state index contributed by atoms with van der Waals surface area (Å²) in [6, 6.07) is 13.2. The molecule has 0 bridgehead atoms. The molecule has 28 heavy (non-hydrogen) atoms. The van der Waals surface area contributed by atoms with Gasteiger partial charge in [0, 0.05) is 11.8 Å². The monoisotopic (exact) mass is 397 g/mol. The van der Waals surface area contributed by atoms with E-state index in [-0.39, 0.29) is 5.91 Å². The molecule has 7 heteroatoms. The SMILES string of the molecule is CCCOc1cc(C)ccc1NC(=O)c1ccccc1SCc1noc(C)n1. The molecule has 2 aromatic carbocycles. The van der Waals surface area contributed by atoms with E-state index in [1.165, 1.54) is 11.8 Å². The Morgan fingerprint density at radius 3 is 2.79 bits per heavy atom. The maximum atomic E-state index is 12.9. The summed E-state index contributed by atoms with van der Waals surface area (Å²) in [4.78, 5) is 18.0. The van der Waals surface area contributed by atoms with Gasteiger partial charge >= 0.3 is 0 Å². The first-order valence-corrected chi connectivity index (χ1v) is 10.1. The van der Waals surface area contributed by atoms with Gasteiger partial charge in [0.2, 0.25) is 5.89 Å². The molecule has 146 valence electrons. The molecule has 1 amide bonds. The molecule has 0 aliphatic rings. The van der Waals surface area contributed by atoms with E-state index in [9.17, 15) is 4.79 Å². The van der Waals surface area contributed by atoms with E-state index in [1.807, 2.05) is 50.2 Å². The van der Waals surface area contributed by atoms with Crippen molar-refractivity contribution in [1.82, 2.24) is 10.1 Å². The molecule has 0 fully saturated rings. The average molecular weight is 398 g/mol. The number of benzene rings is 2. The summed E-state index contributed by atoms with van der Waals surface area (Å²) in [6.45, 7) is 6.40. The van der Waals surface area contributed by atoms with E-state index in [4.69, 9.17) is 9.26 Å². The van der Waals surface area contributed by atoms with Gasteiger partial charge in [-0.25, -0.2) is 0 Å². The zero-order chi connectivity index (χ0) is 19.9. The van der Waals surface area contributed by atoms with Crippen molar-refractivity contribution in [3.8, 4) is 5.75 Å². The van der Waals surface area contributed by atoms with Crippen LogP contribution in [0.2, 0.25) is 0 Å². The summed E-state index contributed by atoms with van der Waals surface area (Å²) in [5.74, 6) is 2.16. The Bertz CT molecular complexity index is 956. The van der Waals surface area contributed by atoms with Gasteiger partial charge in [0.1, 0.15) is 5.75 Å². The van der Waals surface area contributed by atoms with E-state index in [0.29, 0.717) is 41.1 Å². The van der Waals surface area contributed by atoms with Gasteiger partial charge in [0.15, 0.2) is 5.82 Å². The third-order valence-electron chi connectivity index (χ3n) is 3.91. The zero-order valence-electron chi connectivity index (χ0n) is 16.2. The van der Waals surface area contributed by atoms with Crippen molar-refractivity contribution in [3.05, 3.63) is 65.3 Å². The molecule has 1 N–H and O–H groups in total. The van der Waals surface area contributed by atoms with Crippen LogP contribution in [-0.2, 0) is 5.75 Å². The van der Waals surface area contributed by atoms with E-state index in [0.717, 1.165) is 16.9 Å². The molecule has 0 spiro atoms. The normalized spacial score (nSPS) is 10.7. The van der Waals surface area contributed by atoms with Crippen LogP contribution in [-0.4, -0.2) is 22.7 Å². The molecule has 6 nitrogen and oxygen atoms in total. The molecule has 0 saturated heterocycles. The molecular weight excluding hydrogens is 374 g/mol. The Labute approximate surface area is 168 Å². The number of hydrogen-bond donors (Lipinski definition) is 1. The first kappa shape index (κ1) is 19.9. The van der Waals surface area contributed by atoms with Gasteiger partial charge in [0.05, 0.1) is 23.6 Å². The van der Waals surface area contributed by atoms with E-state index in [1.54, 1.807) is 13.0 Å². The number of aromatic nitrogens is 2. The highest BCUT2D eigenvalue weighted by Crippen LogP contribution is 2.29. The average Bonchev–Trinajstić information content (AvgIpc) is 3.12. The molecule has 0 aliphatic heterocycles. The molecule has 0 radical (unpaired) electrons. The van der Waals surface area contributed by atoms with Gasteiger partial charge in [-0.15, -0.1) is 11.8 Å². The van der Waals surface area contributed by atoms with Crippen molar-refractivity contribution >= 4 is 23.4 Å². The number of rotatable bonds is 8. The number of nitrogens with one attached hydrogen (secondary N) is 1. The Kier molecular flexibility index (Phi) is 6.71. The molecule has 0 atom stereocenters. The molecule has 3 aromatic rings. The van der Waals surface area contributed by atoms with Crippen LogP contribution in [0.5, 0.6) is 5.75 Å². The highest BCUT2D eigenvalue weighted by Gasteiger charge is 2.15. The molecule has 0 aliphatic carbocycles. The first-order chi connectivity index (χ1) is 13.6. The molecule has 1 heterocycles. The Morgan fingerprint density at radius 2 is 2.04 bits per heavy atom. The molecule has 3 rings (SSSR count). The largest absolute Gasteiger partial charge is 0.491 e. The van der Waals surface area contributed by atoms with Crippen molar-refractivity contribution in [2.75, 3.05) is 11.9 Å². The van der Waals surface area contributed by atoms with Gasteiger partial charge in [-0.3, -0.25) is 4.79 Å². The smallest absolute Gasteiger partial charge is 0.256 e. The number of ether oxygens (including phenoxy) is 1. The summed E-state index contributed by atoms with van der Waals surface area (Å²) in [5, 5.41) is 6.88. The maximum absolute atomic E-state index is 12.9. The lowest BCUT2D eigenvalue weighted by Gasteiger charge is -2.14. The van der Waals surface area contributed by atoms with Gasteiger partial charge in [0.25, 0.3) is 5.91 Å². The summed E-state index contributed by atoms with van der Waals surface area (Å²) in [7, 11) is 0. The van der Waals surface area contributed by atoms with E-state index >= 15 is 0 Å². The number of aryl methyl sites for hydroxylation is 2. The van der Waals surface area contributed by atoms with Crippen molar-refractivity contribution in [1.29, 1.82) is 0 Å². The molecule has 0 saturated carbocycles. The number of carbonyl (C=O) groups excluding carboxylic acids is 1. The van der Waals surface area contributed by atoms with Crippen molar-refractivity contribution in [3.63, 3.8) is 0 Å². The van der Waals surface area contributed by atoms with Crippen LogP contribution in [0.25, 0.3) is 0 Å². The fourth-order valence-electron chi connectivity index (χ4n) is 2.58. The van der Waals surface area contributed by atoms with Gasteiger partial charge in [-0.05, 0) is 43.2 Å². The minimum absolute atomic E-state index is 0.183. The van der Waals surface area contributed by atoms with E-state index < -0.39 is 0 Å². The lowest BCUT2D eigenvalue weighted by molar-refractivity contribution is 0.102. The second-order valence-corrected chi connectivity index (χ2v) is 7.33. The molecule has 1 aromatic heterocycles. The third kappa shape index (κ3) is 5.13. The quantitative estimate of drug-likeness (QED) is 0.538. The van der Waals surface area contributed by atoms with Crippen LogP contribution in [0.1, 0.15) is 41.0 Å². The fourth-order valence-corrected chi connectivity index (χ4v) is 3.47. The molecule has 0 unspecified atom stereocenters. The summed E-state index contributed by atoms with van der Waals surface area (Å²) in [5.41, 5.74) is 2.34. The van der Waals surface area contributed by atoms with Crippen molar-refractivity contribution in [2.24, 2.45) is 0 Å². The van der Waals surface area contributed by atoms with Crippen molar-refractivity contribution < 1.29 is 14.1 Å². The predicted octanol–water partition coefficient (Wildman–Crippen LogP) is 5.02. The lowest BCUT2D eigenvalue weighted by Crippen LogP contribution is -2.14. The number of amides is 1. The number of hydrogen-bond acceptors (Lipinski definition) is 6. The van der Waals surface area contributed by atoms with Crippen LogP contribution in [0.4, 0.5) is 5.69 Å². The Hall–Kier alpha value is -2.80. The maximum Gasteiger partial charge on any atom is 0.256 e. The van der Waals surface area contributed by atoms with Gasteiger partial charge < -0.3 is 14.6 Å².